The molecule has 1 aromatic rings. The molecule has 0 unspecified atom stereocenters. The van der Waals surface area contributed by atoms with Crippen molar-refractivity contribution in [3.8, 4) is 0 Å². The molecule has 2 heterocycles. The first-order valence-electron chi connectivity index (χ1n) is 14.5. The number of carbonyl (C=O) groups excluding carboxylic acids is 4. The van der Waals surface area contributed by atoms with Crippen molar-refractivity contribution in [3.05, 3.63) is 35.8 Å². The lowest BCUT2D eigenvalue weighted by molar-refractivity contribution is -0.198. The maximum absolute atomic E-state index is 14.4. The third-order valence-electron chi connectivity index (χ3n) is 11.1. The van der Waals surface area contributed by atoms with Gasteiger partial charge >= 0.3 is 17.9 Å². The van der Waals surface area contributed by atoms with Crippen LogP contribution < -0.4 is 0 Å². The molecular weight excluding hydrogens is 512 g/mol. The summed E-state index contributed by atoms with van der Waals surface area (Å²) < 4.78 is 22.6. The van der Waals surface area contributed by atoms with Gasteiger partial charge in [0.15, 0.2) is 0 Å². The monoisotopic (exact) mass is 554 g/mol. The molecule has 218 valence electrons. The Hall–Kier alpha value is -2.90. The van der Waals surface area contributed by atoms with Crippen molar-refractivity contribution in [1.29, 1.82) is 0 Å². The molecule has 1 aromatic heterocycles. The summed E-state index contributed by atoms with van der Waals surface area (Å²) in [4.78, 5) is 53.4. The summed E-state index contributed by atoms with van der Waals surface area (Å²) in [7, 11) is 1.35. The summed E-state index contributed by atoms with van der Waals surface area (Å²) in [5.41, 5.74) is -0.0944. The second-order valence-electron chi connectivity index (χ2n) is 13.4. The highest BCUT2D eigenvalue weighted by atomic mass is 16.6. The van der Waals surface area contributed by atoms with Crippen molar-refractivity contribution in [1.82, 2.24) is 0 Å². The maximum atomic E-state index is 14.4. The van der Waals surface area contributed by atoms with E-state index in [0.29, 0.717) is 12.8 Å². The lowest BCUT2D eigenvalue weighted by Gasteiger charge is -2.63. The van der Waals surface area contributed by atoms with E-state index in [9.17, 15) is 19.2 Å². The first kappa shape index (κ1) is 28.6. The van der Waals surface area contributed by atoms with Gasteiger partial charge in [-0.1, -0.05) is 53.2 Å². The molecule has 1 aliphatic heterocycles. The lowest BCUT2D eigenvalue weighted by Crippen LogP contribution is -2.66. The molecule has 1 saturated heterocycles. The van der Waals surface area contributed by atoms with Gasteiger partial charge in [0, 0.05) is 28.2 Å². The van der Waals surface area contributed by atoms with Crippen LogP contribution in [0.15, 0.2) is 34.7 Å². The van der Waals surface area contributed by atoms with Crippen LogP contribution in [0.1, 0.15) is 85.3 Å². The molecule has 2 bridgehead atoms. The van der Waals surface area contributed by atoms with Crippen LogP contribution in [0.3, 0.4) is 0 Å². The van der Waals surface area contributed by atoms with Crippen LogP contribution in [-0.2, 0) is 33.4 Å². The molecular formula is C32H42O8. The van der Waals surface area contributed by atoms with Gasteiger partial charge in [-0.05, 0) is 43.1 Å². The van der Waals surface area contributed by atoms with Gasteiger partial charge in [-0.2, -0.15) is 0 Å². The Morgan fingerprint density at radius 1 is 1.15 bits per heavy atom. The average molecular weight is 555 g/mol. The van der Waals surface area contributed by atoms with E-state index >= 15 is 0 Å². The average Bonchev–Trinajstić information content (AvgIpc) is 3.45. The van der Waals surface area contributed by atoms with Crippen molar-refractivity contribution in [2.45, 2.75) is 85.9 Å². The molecule has 0 N–H and O–H groups in total. The molecule has 8 heteroatoms. The van der Waals surface area contributed by atoms with Gasteiger partial charge in [0.25, 0.3) is 0 Å². The van der Waals surface area contributed by atoms with Crippen molar-refractivity contribution in [3.63, 3.8) is 0 Å². The zero-order valence-electron chi connectivity index (χ0n) is 24.7. The summed E-state index contributed by atoms with van der Waals surface area (Å²) in [6, 6.07) is 1.84. The summed E-state index contributed by atoms with van der Waals surface area (Å²) in [5, 5.41) is 0. The van der Waals surface area contributed by atoms with Gasteiger partial charge in [0.05, 0.1) is 37.9 Å². The molecule has 0 radical (unpaired) electrons. The quantitative estimate of drug-likeness (QED) is 0.254. The van der Waals surface area contributed by atoms with Gasteiger partial charge in [0.1, 0.15) is 18.0 Å². The van der Waals surface area contributed by atoms with E-state index in [1.54, 1.807) is 12.5 Å². The van der Waals surface area contributed by atoms with E-state index in [1.165, 1.54) is 7.11 Å². The Morgan fingerprint density at radius 2 is 1.88 bits per heavy atom. The lowest BCUT2D eigenvalue weighted by atomic mass is 9.40. The molecule has 3 aliphatic carbocycles. The fourth-order valence-corrected chi connectivity index (χ4v) is 8.56. The minimum absolute atomic E-state index is 0.00445. The van der Waals surface area contributed by atoms with Crippen LogP contribution in [0.2, 0.25) is 0 Å². The van der Waals surface area contributed by atoms with Crippen LogP contribution in [0.25, 0.3) is 0 Å². The van der Waals surface area contributed by atoms with Gasteiger partial charge < -0.3 is 18.6 Å². The SMILES string of the molecule is CC[C@@H](C)C(=O)O[C@@H]1[C@@H]2C=C3[C@@H](CC[C@]4(C)[C@H]3CC(=O)O[C@H]4c3ccoc3)[C@](C)(C2=O)[C@@H](CC(=O)OC)C1(C)C. The van der Waals surface area contributed by atoms with Gasteiger partial charge in [-0.3, -0.25) is 19.2 Å². The Balaban J connectivity index is 1.65. The molecule has 40 heavy (non-hydrogen) atoms. The first-order valence-corrected chi connectivity index (χ1v) is 14.5. The molecule has 5 rings (SSSR count). The van der Waals surface area contributed by atoms with E-state index in [2.05, 4.69) is 6.92 Å². The highest BCUT2D eigenvalue weighted by molar-refractivity contribution is 5.93. The second-order valence-corrected chi connectivity index (χ2v) is 13.4. The van der Waals surface area contributed by atoms with Crippen molar-refractivity contribution in [2.24, 2.45) is 45.8 Å². The van der Waals surface area contributed by atoms with Crippen LogP contribution >= 0.6 is 0 Å². The Bertz CT molecular complexity index is 1230. The fourth-order valence-electron chi connectivity index (χ4n) is 8.56. The number of rotatable bonds is 6. The zero-order valence-corrected chi connectivity index (χ0v) is 24.7. The van der Waals surface area contributed by atoms with Crippen molar-refractivity contribution < 1.29 is 37.8 Å². The topological polar surface area (TPSA) is 109 Å². The minimum Gasteiger partial charge on any atom is -0.472 e. The van der Waals surface area contributed by atoms with E-state index in [1.807, 2.05) is 46.8 Å². The molecule has 0 aromatic carbocycles. The summed E-state index contributed by atoms with van der Waals surface area (Å²) in [5.74, 6) is -2.73. The third kappa shape index (κ3) is 4.07. The maximum Gasteiger partial charge on any atom is 0.308 e. The molecule has 4 aliphatic rings. The summed E-state index contributed by atoms with van der Waals surface area (Å²) in [6.45, 7) is 11.9. The van der Waals surface area contributed by atoms with Gasteiger partial charge in [-0.15, -0.1) is 0 Å². The standard InChI is InChI=1S/C32H42O8/c1-8-17(2)29(36)40-28-20-13-19-21(32(6,26(20)35)23(30(28,3)4)15-24(33)37-7)9-11-31(5)22(19)14-25(34)39-27(31)18-10-12-38-16-18/h10,12-13,16-17,20-23,27-28H,8-9,11,14-15H2,1-7H3/t17-,20-,21-,22+,23+,27+,28-,31-,32+/m1/s1. The zero-order chi connectivity index (χ0) is 29.2. The van der Waals surface area contributed by atoms with Crippen LogP contribution in [0.5, 0.6) is 0 Å². The highest BCUT2D eigenvalue weighted by Crippen LogP contribution is 2.68. The Morgan fingerprint density at radius 3 is 2.50 bits per heavy atom. The number of fused-ring (bicyclic) bond motifs is 6. The predicted octanol–water partition coefficient (Wildman–Crippen LogP) is 5.61. The summed E-state index contributed by atoms with van der Waals surface area (Å²) in [6.07, 6.45) is 6.36. The third-order valence-corrected chi connectivity index (χ3v) is 11.1. The number of ketones is 1. The molecule has 3 fully saturated rings. The van der Waals surface area contributed by atoms with Crippen LogP contribution in [0.4, 0.5) is 0 Å². The Kier molecular flexibility index (Phi) is 7.07. The Labute approximate surface area is 236 Å². The molecule has 0 spiro atoms. The molecule has 2 saturated carbocycles. The number of hydrogen-bond donors (Lipinski definition) is 0. The van der Waals surface area contributed by atoms with Crippen molar-refractivity contribution in [2.75, 3.05) is 7.11 Å². The number of methoxy groups -OCH3 is 1. The molecule has 8 nitrogen and oxygen atoms in total. The van der Waals surface area contributed by atoms with E-state index in [-0.39, 0.29) is 48.3 Å². The van der Waals surface area contributed by atoms with Gasteiger partial charge in [-0.25, -0.2) is 0 Å². The minimum atomic E-state index is -0.889. The predicted molar refractivity (Wildman–Crippen MR) is 144 cm³/mol. The largest absolute Gasteiger partial charge is 0.472 e. The number of furan rings is 1. The van der Waals surface area contributed by atoms with E-state index in [0.717, 1.165) is 17.6 Å². The number of carbonyl (C=O) groups is 4. The van der Waals surface area contributed by atoms with E-state index in [4.69, 9.17) is 18.6 Å². The number of ether oxygens (including phenoxy) is 3. The molecule has 9 atom stereocenters. The number of cyclic esters (lactones) is 1. The van der Waals surface area contributed by atoms with E-state index < -0.39 is 46.3 Å². The normalized spacial score (nSPS) is 38.7. The van der Waals surface area contributed by atoms with Crippen LogP contribution in [0, 0.1) is 45.8 Å². The second kappa shape index (κ2) is 9.88. The number of Topliss-reactive ketones (excluding diaryl/α,β-unsaturated/α-hetero) is 1. The fraction of sp³-hybridized carbons (Fsp3) is 0.688. The molecule has 0 amide bonds. The van der Waals surface area contributed by atoms with Crippen molar-refractivity contribution >= 4 is 23.7 Å². The first-order chi connectivity index (χ1) is 18.8. The number of hydrogen-bond acceptors (Lipinski definition) is 8. The van der Waals surface area contributed by atoms with Gasteiger partial charge in [0.2, 0.25) is 0 Å². The van der Waals surface area contributed by atoms with Crippen LogP contribution in [-0.4, -0.2) is 36.9 Å². The number of esters is 3. The smallest absolute Gasteiger partial charge is 0.308 e. The number of allylic oxidation sites excluding steroid dienone is 1. The summed E-state index contributed by atoms with van der Waals surface area (Å²) >= 11 is 0. The highest BCUT2D eigenvalue weighted by Gasteiger charge is 2.69.